The molecule has 2 aromatic rings. The number of alkyl halides is 9. The molecular formula is C18H13F9O. The van der Waals surface area contributed by atoms with Gasteiger partial charge in [0.15, 0.2) is 0 Å². The first kappa shape index (κ1) is 22.1. The number of halogens is 9. The van der Waals surface area contributed by atoms with Crippen LogP contribution in [-0.2, 0) is 0 Å². The van der Waals surface area contributed by atoms with Crippen molar-refractivity contribution in [3.8, 4) is 11.1 Å². The second-order valence-corrected chi connectivity index (χ2v) is 6.11. The molecule has 0 radical (unpaired) electrons. The van der Waals surface area contributed by atoms with Gasteiger partial charge in [0.25, 0.3) is 5.41 Å². The van der Waals surface area contributed by atoms with Crippen molar-refractivity contribution in [2.75, 3.05) is 0 Å². The van der Waals surface area contributed by atoms with E-state index in [9.17, 15) is 44.6 Å². The fourth-order valence-electron chi connectivity index (χ4n) is 2.77. The normalized spacial score (nSPS) is 14.8. The third-order valence-corrected chi connectivity index (χ3v) is 4.35. The second-order valence-electron chi connectivity index (χ2n) is 6.11. The van der Waals surface area contributed by atoms with Crippen LogP contribution in [0.3, 0.4) is 0 Å². The van der Waals surface area contributed by atoms with E-state index >= 15 is 0 Å². The average Bonchev–Trinajstić information content (AvgIpc) is 2.57. The molecule has 10 heteroatoms. The van der Waals surface area contributed by atoms with Crippen LogP contribution in [0.15, 0.2) is 54.6 Å². The highest BCUT2D eigenvalue weighted by molar-refractivity contribution is 5.63. The van der Waals surface area contributed by atoms with Crippen molar-refractivity contribution in [1.29, 1.82) is 0 Å². The van der Waals surface area contributed by atoms with Crippen LogP contribution in [0.4, 0.5) is 39.5 Å². The molecule has 154 valence electrons. The lowest BCUT2D eigenvalue weighted by Gasteiger charge is -2.39. The lowest BCUT2D eigenvalue weighted by Crippen LogP contribution is -2.60. The summed E-state index contributed by atoms with van der Waals surface area (Å²) in [6.07, 6.45) is -25.4. The van der Waals surface area contributed by atoms with Gasteiger partial charge in [0.05, 0.1) is 6.10 Å². The summed E-state index contributed by atoms with van der Waals surface area (Å²) in [6, 6.07) is 13.0. The van der Waals surface area contributed by atoms with Gasteiger partial charge in [-0.25, -0.2) is 0 Å². The summed E-state index contributed by atoms with van der Waals surface area (Å²) in [4.78, 5) is 0. The molecule has 1 unspecified atom stereocenters. The van der Waals surface area contributed by atoms with Crippen LogP contribution in [0.25, 0.3) is 11.1 Å². The van der Waals surface area contributed by atoms with Crippen LogP contribution in [0.2, 0.25) is 0 Å². The lowest BCUT2D eigenvalue weighted by atomic mass is 9.78. The predicted molar refractivity (Wildman–Crippen MR) is 82.1 cm³/mol. The summed E-state index contributed by atoms with van der Waals surface area (Å²) in [5.74, 6) is 0. The van der Waals surface area contributed by atoms with E-state index in [4.69, 9.17) is 0 Å². The van der Waals surface area contributed by atoms with Crippen molar-refractivity contribution in [2.45, 2.75) is 31.1 Å². The zero-order valence-corrected chi connectivity index (χ0v) is 13.8. The molecule has 0 spiro atoms. The first-order valence-electron chi connectivity index (χ1n) is 7.74. The van der Waals surface area contributed by atoms with Crippen LogP contribution >= 0.6 is 0 Å². The number of rotatable bonds is 4. The number of benzene rings is 2. The zero-order valence-electron chi connectivity index (χ0n) is 13.8. The van der Waals surface area contributed by atoms with Crippen molar-refractivity contribution in [3.63, 3.8) is 0 Å². The summed E-state index contributed by atoms with van der Waals surface area (Å²) < 4.78 is 117. The van der Waals surface area contributed by atoms with Gasteiger partial charge < -0.3 is 5.11 Å². The van der Waals surface area contributed by atoms with E-state index in [1.54, 1.807) is 30.3 Å². The molecule has 0 amide bonds. The molecule has 0 aromatic heterocycles. The van der Waals surface area contributed by atoms with E-state index in [1.165, 1.54) is 12.1 Å². The van der Waals surface area contributed by atoms with Gasteiger partial charge in [-0.2, -0.15) is 39.5 Å². The Bertz CT molecular complexity index is 738. The molecule has 1 atom stereocenters. The highest BCUT2D eigenvalue weighted by atomic mass is 19.4. The van der Waals surface area contributed by atoms with E-state index in [-0.39, 0.29) is 0 Å². The Kier molecular flexibility index (Phi) is 5.76. The van der Waals surface area contributed by atoms with Crippen LogP contribution < -0.4 is 0 Å². The van der Waals surface area contributed by atoms with Gasteiger partial charge in [0.2, 0.25) is 0 Å². The number of aliphatic hydroxyl groups is 1. The third kappa shape index (κ3) is 3.96. The van der Waals surface area contributed by atoms with Crippen molar-refractivity contribution in [3.05, 3.63) is 60.2 Å². The summed E-state index contributed by atoms with van der Waals surface area (Å²) in [6.45, 7) is 0. The maximum absolute atomic E-state index is 13.0. The second kappa shape index (κ2) is 7.31. The summed E-state index contributed by atoms with van der Waals surface area (Å²) in [7, 11) is 0. The molecule has 2 rings (SSSR count). The van der Waals surface area contributed by atoms with Crippen LogP contribution in [0, 0.1) is 5.41 Å². The molecular weight excluding hydrogens is 403 g/mol. The van der Waals surface area contributed by atoms with Crippen molar-refractivity contribution in [2.24, 2.45) is 5.41 Å². The van der Waals surface area contributed by atoms with Gasteiger partial charge in [-0.05, 0) is 16.7 Å². The molecule has 0 fully saturated rings. The van der Waals surface area contributed by atoms with Crippen molar-refractivity contribution >= 4 is 0 Å². The quantitative estimate of drug-likeness (QED) is 0.568. The Labute approximate surface area is 153 Å². The molecule has 28 heavy (non-hydrogen) atoms. The summed E-state index contributed by atoms with van der Waals surface area (Å²) >= 11 is 0. The highest BCUT2D eigenvalue weighted by Crippen LogP contribution is 2.62. The monoisotopic (exact) mass is 416 g/mol. The summed E-state index contributed by atoms with van der Waals surface area (Å²) in [5.41, 5.74) is -5.37. The van der Waals surface area contributed by atoms with E-state index in [0.29, 0.717) is 11.1 Å². The minimum atomic E-state index is -6.70. The van der Waals surface area contributed by atoms with Gasteiger partial charge in [-0.1, -0.05) is 54.6 Å². The number of hydrogen-bond acceptors (Lipinski definition) is 1. The fourth-order valence-corrected chi connectivity index (χ4v) is 2.77. The van der Waals surface area contributed by atoms with Gasteiger partial charge in [0, 0.05) is 6.42 Å². The first-order chi connectivity index (χ1) is 12.7. The molecule has 1 nitrogen and oxygen atoms in total. The van der Waals surface area contributed by atoms with Gasteiger partial charge in [-0.15, -0.1) is 0 Å². The van der Waals surface area contributed by atoms with E-state index < -0.39 is 42.0 Å². The Hall–Kier alpha value is -2.23. The molecule has 0 bridgehead atoms. The van der Waals surface area contributed by atoms with Gasteiger partial charge in [0.1, 0.15) is 0 Å². The molecule has 0 heterocycles. The lowest BCUT2D eigenvalue weighted by molar-refractivity contribution is -0.432. The predicted octanol–water partition coefficient (Wildman–Crippen LogP) is 6.45. The molecule has 0 saturated heterocycles. The van der Waals surface area contributed by atoms with Crippen LogP contribution in [-0.4, -0.2) is 23.6 Å². The Morgan fingerprint density at radius 3 is 1.39 bits per heavy atom. The smallest absolute Gasteiger partial charge is 0.388 e. The fraction of sp³-hybridized carbons (Fsp3) is 0.333. The molecule has 1 N–H and O–H groups in total. The van der Waals surface area contributed by atoms with Crippen LogP contribution in [0.1, 0.15) is 18.1 Å². The largest absolute Gasteiger partial charge is 0.412 e. The zero-order chi connectivity index (χ0) is 21.4. The average molecular weight is 416 g/mol. The standard InChI is InChI=1S/C18H13F9O/c19-16(20,21)15(17(22,23)24,18(25,26)27)10-14(28)13-8-6-12(7-9-13)11-4-2-1-3-5-11/h1-9,14,28H,10H2. The van der Waals surface area contributed by atoms with Gasteiger partial charge >= 0.3 is 18.5 Å². The van der Waals surface area contributed by atoms with E-state index in [2.05, 4.69) is 0 Å². The number of aliphatic hydroxyl groups excluding tert-OH is 1. The van der Waals surface area contributed by atoms with Crippen molar-refractivity contribution in [1.82, 2.24) is 0 Å². The third-order valence-electron chi connectivity index (χ3n) is 4.35. The maximum Gasteiger partial charge on any atom is 0.412 e. The molecule has 0 saturated carbocycles. The van der Waals surface area contributed by atoms with E-state index in [1.807, 2.05) is 0 Å². The van der Waals surface area contributed by atoms with Crippen LogP contribution in [0.5, 0.6) is 0 Å². The molecule has 0 aliphatic rings. The minimum absolute atomic E-state index is 0.498. The van der Waals surface area contributed by atoms with Crippen molar-refractivity contribution < 1.29 is 44.6 Å². The topological polar surface area (TPSA) is 20.2 Å². The Balaban J connectivity index is 2.40. The molecule has 2 aromatic carbocycles. The first-order valence-corrected chi connectivity index (χ1v) is 7.74. The highest BCUT2D eigenvalue weighted by Gasteiger charge is 2.83. The summed E-state index contributed by atoms with van der Waals surface area (Å²) in [5, 5.41) is 9.81. The van der Waals surface area contributed by atoms with Gasteiger partial charge in [-0.3, -0.25) is 0 Å². The molecule has 0 aliphatic heterocycles. The Morgan fingerprint density at radius 2 is 1.00 bits per heavy atom. The Morgan fingerprint density at radius 1 is 0.607 bits per heavy atom. The van der Waals surface area contributed by atoms with E-state index in [0.717, 1.165) is 12.1 Å². The SMILES string of the molecule is OC(CC(C(F)(F)F)(C(F)(F)F)C(F)(F)F)c1ccc(-c2ccccc2)cc1. The number of hydrogen-bond donors (Lipinski definition) is 1. The minimum Gasteiger partial charge on any atom is -0.388 e. The maximum atomic E-state index is 13.0. The molecule has 0 aliphatic carbocycles.